The van der Waals surface area contributed by atoms with Crippen molar-refractivity contribution >= 4 is 11.9 Å². The molecule has 0 aromatic rings. The predicted molar refractivity (Wildman–Crippen MR) is 292 cm³/mol. The van der Waals surface area contributed by atoms with Gasteiger partial charge in [0.1, 0.15) is 0 Å². The van der Waals surface area contributed by atoms with Gasteiger partial charge in [-0.3, -0.25) is 9.59 Å². The van der Waals surface area contributed by atoms with Gasteiger partial charge in [-0.25, -0.2) is 0 Å². The number of rotatable bonds is 55. The molecule has 0 aliphatic rings. The van der Waals surface area contributed by atoms with Crippen molar-refractivity contribution in [1.82, 2.24) is 5.32 Å². The van der Waals surface area contributed by atoms with E-state index in [1.165, 1.54) is 212 Å². The normalized spacial score (nSPS) is 12.8. The molecule has 1 amide bonds. The van der Waals surface area contributed by atoms with Crippen molar-refractivity contribution in [2.24, 2.45) is 0 Å². The third kappa shape index (κ3) is 53.3. The molecular formula is C61H115NO5. The van der Waals surface area contributed by atoms with Gasteiger partial charge in [0.05, 0.1) is 25.4 Å². The molecule has 0 aliphatic heterocycles. The molecule has 0 aromatic carbocycles. The van der Waals surface area contributed by atoms with Gasteiger partial charge < -0.3 is 20.3 Å². The second-order valence-electron chi connectivity index (χ2n) is 20.3. The molecule has 6 nitrogen and oxygen atoms in total. The van der Waals surface area contributed by atoms with E-state index in [1.54, 1.807) is 0 Å². The van der Waals surface area contributed by atoms with Crippen molar-refractivity contribution < 1.29 is 24.5 Å². The number of nitrogens with one attached hydrogen (secondary N) is 1. The number of carbonyl (C=O) groups is 2. The Hall–Kier alpha value is -1.92. The molecule has 2 unspecified atom stereocenters. The van der Waals surface area contributed by atoms with Crippen LogP contribution in [0.5, 0.6) is 0 Å². The number of hydrogen-bond donors (Lipinski definition) is 3. The number of hydrogen-bond acceptors (Lipinski definition) is 5. The summed E-state index contributed by atoms with van der Waals surface area (Å²) in [6.07, 6.45) is 69.9. The van der Waals surface area contributed by atoms with E-state index in [-0.39, 0.29) is 18.5 Å². The number of ether oxygens (including phenoxy) is 1. The first kappa shape index (κ1) is 65.1. The van der Waals surface area contributed by atoms with Crippen molar-refractivity contribution in [1.29, 1.82) is 0 Å². The Morgan fingerprint density at radius 2 is 0.761 bits per heavy atom. The monoisotopic (exact) mass is 942 g/mol. The van der Waals surface area contributed by atoms with Crippen LogP contribution in [0.15, 0.2) is 36.5 Å². The van der Waals surface area contributed by atoms with Gasteiger partial charge >= 0.3 is 5.97 Å². The lowest BCUT2D eigenvalue weighted by Gasteiger charge is -2.22. The first-order chi connectivity index (χ1) is 33.0. The summed E-state index contributed by atoms with van der Waals surface area (Å²) in [6.45, 7) is 4.90. The van der Waals surface area contributed by atoms with Crippen molar-refractivity contribution in [3.8, 4) is 0 Å². The highest BCUT2D eigenvalue weighted by Gasteiger charge is 2.20. The minimum atomic E-state index is -0.676. The fraction of sp³-hybridized carbons (Fsp3) is 0.869. The Balaban J connectivity index is 3.48. The van der Waals surface area contributed by atoms with Crippen LogP contribution >= 0.6 is 0 Å². The van der Waals surface area contributed by atoms with Crippen molar-refractivity contribution in [2.45, 2.75) is 328 Å². The van der Waals surface area contributed by atoms with Crippen LogP contribution in [0, 0.1) is 0 Å². The zero-order valence-corrected chi connectivity index (χ0v) is 44.9. The van der Waals surface area contributed by atoms with E-state index >= 15 is 0 Å². The highest BCUT2D eigenvalue weighted by atomic mass is 16.5. The Morgan fingerprint density at radius 1 is 0.418 bits per heavy atom. The van der Waals surface area contributed by atoms with Gasteiger partial charge in [-0.1, -0.05) is 262 Å². The van der Waals surface area contributed by atoms with Crippen LogP contribution in [-0.4, -0.2) is 47.4 Å². The number of aliphatic hydroxyl groups is 2. The van der Waals surface area contributed by atoms with E-state index in [1.807, 2.05) is 0 Å². The van der Waals surface area contributed by atoms with Gasteiger partial charge in [0.25, 0.3) is 0 Å². The first-order valence-electron chi connectivity index (χ1n) is 29.7. The molecule has 0 fully saturated rings. The summed E-state index contributed by atoms with van der Waals surface area (Å²) >= 11 is 0. The van der Waals surface area contributed by atoms with Gasteiger partial charge in [0.15, 0.2) is 0 Å². The molecule has 3 N–H and O–H groups in total. The molecule has 0 heterocycles. The highest BCUT2D eigenvalue weighted by Crippen LogP contribution is 2.17. The van der Waals surface area contributed by atoms with Gasteiger partial charge in [0, 0.05) is 12.8 Å². The molecule has 0 aromatic heterocycles. The summed E-state index contributed by atoms with van der Waals surface area (Å²) in [5.74, 6) is -0.0677. The van der Waals surface area contributed by atoms with Gasteiger partial charge in [-0.2, -0.15) is 0 Å². The lowest BCUT2D eigenvalue weighted by atomic mass is 10.0. The van der Waals surface area contributed by atoms with Crippen LogP contribution in [0.3, 0.4) is 0 Å². The van der Waals surface area contributed by atoms with Gasteiger partial charge in [0.2, 0.25) is 5.91 Å². The number of carbonyl (C=O) groups excluding carboxylic acids is 2. The number of aliphatic hydroxyl groups excluding tert-OH is 2. The lowest BCUT2D eigenvalue weighted by Crippen LogP contribution is -2.45. The molecule has 0 spiro atoms. The second-order valence-corrected chi connectivity index (χ2v) is 20.3. The number of allylic oxidation sites excluding steroid dienone is 6. The molecule has 0 rings (SSSR count). The quantitative estimate of drug-likeness (QED) is 0.0321. The lowest BCUT2D eigenvalue weighted by molar-refractivity contribution is -0.143. The van der Waals surface area contributed by atoms with E-state index in [0.29, 0.717) is 25.9 Å². The van der Waals surface area contributed by atoms with E-state index in [2.05, 4.69) is 55.6 Å². The van der Waals surface area contributed by atoms with Crippen LogP contribution in [0.2, 0.25) is 0 Å². The highest BCUT2D eigenvalue weighted by molar-refractivity contribution is 5.76. The standard InChI is InChI=1S/C61H115NO5/c1-3-5-7-9-11-13-15-17-19-20-21-22-23-26-29-33-37-41-45-49-53-59(64)58(57-63)62-60(65)54-50-46-42-38-34-30-27-24-25-28-32-36-40-44-48-52-56-67-61(66)55-51-47-43-39-35-31-18-16-14-12-10-8-6-4-2/h10,12,16,18,24,27,58-59,63-64H,3-9,11,13-15,17,19-23,25-26,28-57H2,1-2H3,(H,62,65)/b12-10-,18-16-,27-24-. The summed E-state index contributed by atoms with van der Waals surface area (Å²) in [4.78, 5) is 24.5. The van der Waals surface area contributed by atoms with E-state index < -0.39 is 12.1 Å². The van der Waals surface area contributed by atoms with Crippen LogP contribution < -0.4 is 5.32 Å². The van der Waals surface area contributed by atoms with Crippen molar-refractivity contribution in [2.75, 3.05) is 13.2 Å². The predicted octanol–water partition coefficient (Wildman–Crippen LogP) is 18.4. The van der Waals surface area contributed by atoms with Gasteiger partial charge in [-0.05, 0) is 77.0 Å². The number of amides is 1. The molecule has 0 radical (unpaired) electrons. The SMILES string of the molecule is CCCC/C=C\C/C=C\CCCCCCCC(=O)OCCCCCCCCC/C=C\CCCCCCCC(=O)NC(CO)C(O)CCCCCCCCCCCCCCCCCCCCCC. The maximum absolute atomic E-state index is 12.5. The Bertz CT molecular complexity index is 1090. The smallest absolute Gasteiger partial charge is 0.305 e. The fourth-order valence-corrected chi connectivity index (χ4v) is 9.06. The van der Waals surface area contributed by atoms with Crippen molar-refractivity contribution in [3.63, 3.8) is 0 Å². The fourth-order valence-electron chi connectivity index (χ4n) is 9.06. The molecule has 6 heteroatoms. The molecule has 394 valence electrons. The maximum Gasteiger partial charge on any atom is 0.305 e. The van der Waals surface area contributed by atoms with Crippen LogP contribution in [0.1, 0.15) is 316 Å². The van der Waals surface area contributed by atoms with E-state index in [4.69, 9.17) is 4.74 Å². The molecule has 0 saturated heterocycles. The Kier molecular flexibility index (Phi) is 55.0. The molecular weight excluding hydrogens is 827 g/mol. The molecule has 0 aliphatic carbocycles. The van der Waals surface area contributed by atoms with Gasteiger partial charge in [-0.15, -0.1) is 0 Å². The minimum Gasteiger partial charge on any atom is -0.466 e. The third-order valence-electron chi connectivity index (χ3n) is 13.7. The minimum absolute atomic E-state index is 0.0172. The average Bonchev–Trinajstić information content (AvgIpc) is 3.33. The van der Waals surface area contributed by atoms with Crippen LogP contribution in [-0.2, 0) is 14.3 Å². The summed E-state index contributed by atoms with van der Waals surface area (Å²) in [5.41, 5.74) is 0. The largest absolute Gasteiger partial charge is 0.466 e. The zero-order valence-electron chi connectivity index (χ0n) is 44.9. The zero-order chi connectivity index (χ0) is 48.6. The number of unbranched alkanes of at least 4 members (excludes halogenated alkanes) is 38. The van der Waals surface area contributed by atoms with Crippen molar-refractivity contribution in [3.05, 3.63) is 36.5 Å². The first-order valence-corrected chi connectivity index (χ1v) is 29.7. The van der Waals surface area contributed by atoms with Crippen LogP contribution in [0.4, 0.5) is 0 Å². The Labute approximate surface area is 417 Å². The van der Waals surface area contributed by atoms with E-state index in [0.717, 1.165) is 70.6 Å². The summed E-state index contributed by atoms with van der Waals surface area (Å²) in [5, 5.41) is 23.3. The van der Waals surface area contributed by atoms with E-state index in [9.17, 15) is 19.8 Å². The molecule has 67 heavy (non-hydrogen) atoms. The average molecular weight is 943 g/mol. The molecule has 2 atom stereocenters. The summed E-state index contributed by atoms with van der Waals surface area (Å²) in [6, 6.07) is -0.555. The topological polar surface area (TPSA) is 95.9 Å². The molecule has 0 bridgehead atoms. The number of esters is 1. The second kappa shape index (κ2) is 56.7. The molecule has 0 saturated carbocycles. The Morgan fingerprint density at radius 3 is 1.19 bits per heavy atom. The summed E-state index contributed by atoms with van der Waals surface area (Å²) in [7, 11) is 0. The maximum atomic E-state index is 12.5. The van der Waals surface area contributed by atoms with Crippen LogP contribution in [0.25, 0.3) is 0 Å². The third-order valence-corrected chi connectivity index (χ3v) is 13.7. The summed E-state index contributed by atoms with van der Waals surface area (Å²) < 4.78 is 5.46.